The molecule has 1 fully saturated rings. The third-order valence-corrected chi connectivity index (χ3v) is 5.26. The molecule has 1 saturated carbocycles. The van der Waals surface area contributed by atoms with E-state index in [4.69, 9.17) is 0 Å². The molecule has 0 aliphatic heterocycles. The number of sulfone groups is 1. The van der Waals surface area contributed by atoms with E-state index in [1.54, 1.807) is 24.3 Å². The predicted octanol–water partition coefficient (Wildman–Crippen LogP) is 3.31. The molecule has 26 heavy (non-hydrogen) atoms. The van der Waals surface area contributed by atoms with Crippen LogP contribution < -0.4 is 0 Å². The minimum atomic E-state index is -3.12. The van der Waals surface area contributed by atoms with Crippen molar-refractivity contribution in [2.75, 3.05) is 6.26 Å². The van der Waals surface area contributed by atoms with Gasteiger partial charge in [-0.15, -0.1) is 0 Å². The van der Waals surface area contributed by atoms with Crippen LogP contribution in [0, 0.1) is 0 Å². The molecule has 0 bridgehead atoms. The fraction of sp³-hybridized carbons (Fsp3) is 0.333. The smallest absolute Gasteiger partial charge is 0.353 e. The average Bonchev–Trinajstić information content (AvgIpc) is 3.16. The second-order valence-corrected chi connectivity index (χ2v) is 8.72. The topological polar surface area (TPSA) is 116 Å². The van der Waals surface area contributed by atoms with Gasteiger partial charge in [-0.05, 0) is 24.0 Å². The highest BCUT2D eigenvalue weighted by Crippen LogP contribution is 2.43. The van der Waals surface area contributed by atoms with Gasteiger partial charge in [0.15, 0.2) is 9.84 Å². The molecule has 0 unspecified atom stereocenters. The van der Waals surface area contributed by atoms with Crippen LogP contribution in [0.3, 0.4) is 0 Å². The molecule has 2 aromatic heterocycles. The van der Waals surface area contributed by atoms with Crippen molar-refractivity contribution in [1.29, 1.82) is 0 Å². The Labute approximate surface area is 151 Å². The second kappa shape index (κ2) is 6.28. The average molecular weight is 375 g/mol. The molecule has 1 aromatic carbocycles. The predicted molar refractivity (Wildman–Crippen MR) is 100 cm³/mol. The van der Waals surface area contributed by atoms with Crippen molar-refractivity contribution in [1.82, 2.24) is 15.2 Å². The van der Waals surface area contributed by atoms with Gasteiger partial charge in [0.05, 0.1) is 17.0 Å². The summed E-state index contributed by atoms with van der Waals surface area (Å²) >= 11 is 0. The number of carbonyl (C=O) groups is 1. The quantitative estimate of drug-likeness (QED) is 0.633. The number of benzene rings is 1. The zero-order chi connectivity index (χ0) is 17.8. The maximum Gasteiger partial charge on any atom is 0.353 e. The Bertz CT molecular complexity index is 1070. The van der Waals surface area contributed by atoms with E-state index in [0.29, 0.717) is 28.1 Å². The first-order valence-corrected chi connectivity index (χ1v) is 10.00. The van der Waals surface area contributed by atoms with E-state index in [0.717, 1.165) is 24.1 Å². The summed E-state index contributed by atoms with van der Waals surface area (Å²) in [5, 5.41) is 16.9. The zero-order valence-electron chi connectivity index (χ0n) is 13.5. The fourth-order valence-electron chi connectivity index (χ4n) is 3.15. The first kappa shape index (κ1) is 18.2. The van der Waals surface area contributed by atoms with Crippen molar-refractivity contribution < 1.29 is 18.3 Å². The summed E-state index contributed by atoms with van der Waals surface area (Å²) in [4.78, 5) is 14.7. The lowest BCUT2D eigenvalue weighted by Gasteiger charge is -2.04. The molecular weight excluding hydrogens is 354 g/mol. The minimum absolute atomic E-state index is 0. The van der Waals surface area contributed by atoms with Crippen LogP contribution in [0.5, 0.6) is 0 Å². The molecule has 3 N–H and O–H groups in total. The molecule has 138 valence electrons. The van der Waals surface area contributed by atoms with E-state index in [-0.39, 0.29) is 18.9 Å². The van der Waals surface area contributed by atoms with Crippen LogP contribution in [0.2, 0.25) is 0 Å². The lowest BCUT2D eigenvalue weighted by Crippen LogP contribution is -2.01. The van der Waals surface area contributed by atoms with Gasteiger partial charge >= 0.3 is 5.97 Å². The minimum Gasteiger partial charge on any atom is -0.477 e. The summed E-state index contributed by atoms with van der Waals surface area (Å²) in [5.74, 6) is -0.680. The molecule has 0 amide bonds. The van der Waals surface area contributed by atoms with Crippen LogP contribution >= 0.6 is 0 Å². The molecule has 0 radical (unpaired) electrons. The molecule has 3 aromatic rings. The number of hydrogen-bond donors (Lipinski definition) is 3. The normalized spacial score (nSPS) is 14.3. The number of carboxylic acid groups (broad SMARTS) is 1. The zero-order valence-corrected chi connectivity index (χ0v) is 14.4. The molecule has 8 heteroatoms. The Morgan fingerprint density at radius 3 is 2.46 bits per heavy atom. The van der Waals surface area contributed by atoms with E-state index in [2.05, 4.69) is 15.2 Å². The molecule has 0 atom stereocenters. The van der Waals surface area contributed by atoms with Gasteiger partial charge in [-0.3, -0.25) is 5.10 Å². The Morgan fingerprint density at radius 2 is 1.92 bits per heavy atom. The summed E-state index contributed by atoms with van der Waals surface area (Å²) in [6, 6.07) is 6.88. The first-order valence-electron chi connectivity index (χ1n) is 7.94. The van der Waals surface area contributed by atoms with Crippen LogP contribution in [0.15, 0.2) is 24.3 Å². The summed E-state index contributed by atoms with van der Waals surface area (Å²) in [6.07, 6.45) is 3.34. The Morgan fingerprint density at radius 1 is 1.27 bits per heavy atom. The Balaban J connectivity index is 0.00000196. The van der Waals surface area contributed by atoms with E-state index in [1.807, 2.05) is 0 Å². The van der Waals surface area contributed by atoms with Crippen molar-refractivity contribution in [3.8, 4) is 11.1 Å². The van der Waals surface area contributed by atoms with Gasteiger partial charge in [0.2, 0.25) is 0 Å². The summed E-state index contributed by atoms with van der Waals surface area (Å²) in [7, 11) is -3.12. The number of nitrogens with one attached hydrogen (secondary N) is 2. The molecule has 4 rings (SSSR count). The molecule has 1 aliphatic carbocycles. The fourth-order valence-corrected chi connectivity index (χ4v) is 3.95. The molecule has 1 aliphatic rings. The molecular formula is C18H21N3O4S. The standard InChI is InChI=1S/C17H17N3O4S.CH4/c1-25(23,24)8-9-2-4-10(5-3-9)12-14-16(18-15(12)17(21)22)13(19-20-14)11-6-7-11;/h2-5,11,18H,6-8H2,1H3,(H,19,20)(H,21,22);1H4. The van der Waals surface area contributed by atoms with Crippen LogP contribution in [-0.4, -0.2) is 40.9 Å². The SMILES string of the molecule is C.CS(=O)(=O)Cc1ccc(-c2c(C(=O)O)[nH]c3c(C4CC4)[nH]nc23)cc1. The highest BCUT2D eigenvalue weighted by Gasteiger charge is 2.31. The van der Waals surface area contributed by atoms with Crippen LogP contribution in [0.25, 0.3) is 22.2 Å². The van der Waals surface area contributed by atoms with Crippen LogP contribution in [0.1, 0.15) is 47.9 Å². The Hall–Kier alpha value is -2.61. The van der Waals surface area contributed by atoms with Gasteiger partial charge < -0.3 is 10.1 Å². The highest BCUT2D eigenvalue weighted by atomic mass is 32.2. The van der Waals surface area contributed by atoms with Gasteiger partial charge in [0, 0.05) is 17.7 Å². The summed E-state index contributed by atoms with van der Waals surface area (Å²) < 4.78 is 22.8. The third-order valence-electron chi connectivity index (χ3n) is 4.40. The number of H-pyrrole nitrogens is 2. The summed E-state index contributed by atoms with van der Waals surface area (Å²) in [6.45, 7) is 0. The lowest BCUT2D eigenvalue weighted by molar-refractivity contribution is 0.0692. The van der Waals surface area contributed by atoms with Crippen molar-refractivity contribution in [3.05, 3.63) is 41.2 Å². The van der Waals surface area contributed by atoms with E-state index in [9.17, 15) is 18.3 Å². The van der Waals surface area contributed by atoms with E-state index >= 15 is 0 Å². The highest BCUT2D eigenvalue weighted by molar-refractivity contribution is 7.89. The van der Waals surface area contributed by atoms with Crippen molar-refractivity contribution in [3.63, 3.8) is 0 Å². The maximum atomic E-state index is 11.7. The second-order valence-electron chi connectivity index (χ2n) is 6.58. The van der Waals surface area contributed by atoms with Gasteiger partial charge in [-0.25, -0.2) is 13.2 Å². The van der Waals surface area contributed by atoms with Crippen LogP contribution in [-0.2, 0) is 15.6 Å². The number of aromatic nitrogens is 3. The lowest BCUT2D eigenvalue weighted by atomic mass is 10.0. The monoisotopic (exact) mass is 375 g/mol. The summed E-state index contributed by atoms with van der Waals surface area (Å²) in [5.41, 5.74) is 4.29. The molecule has 7 nitrogen and oxygen atoms in total. The number of aromatic amines is 2. The number of hydrogen-bond acceptors (Lipinski definition) is 4. The van der Waals surface area contributed by atoms with E-state index in [1.165, 1.54) is 6.26 Å². The number of carboxylic acids is 1. The number of rotatable bonds is 5. The van der Waals surface area contributed by atoms with E-state index < -0.39 is 15.8 Å². The first-order chi connectivity index (χ1) is 11.8. The largest absolute Gasteiger partial charge is 0.477 e. The number of nitrogens with zero attached hydrogens (tertiary/aromatic N) is 1. The molecule has 2 heterocycles. The van der Waals surface area contributed by atoms with Gasteiger partial charge in [-0.2, -0.15) is 5.10 Å². The van der Waals surface area contributed by atoms with Crippen molar-refractivity contribution in [2.24, 2.45) is 0 Å². The number of fused-ring (bicyclic) bond motifs is 1. The third kappa shape index (κ3) is 3.24. The van der Waals surface area contributed by atoms with Gasteiger partial charge in [0.25, 0.3) is 0 Å². The van der Waals surface area contributed by atoms with Crippen LogP contribution in [0.4, 0.5) is 0 Å². The maximum absolute atomic E-state index is 11.7. The van der Waals surface area contributed by atoms with Crippen molar-refractivity contribution in [2.45, 2.75) is 31.9 Å². The Kier molecular flexibility index (Phi) is 4.39. The molecule has 0 saturated heterocycles. The molecule has 0 spiro atoms. The van der Waals surface area contributed by atoms with Crippen molar-refractivity contribution >= 4 is 26.8 Å². The van der Waals surface area contributed by atoms with Gasteiger partial charge in [0.1, 0.15) is 11.2 Å². The van der Waals surface area contributed by atoms with Gasteiger partial charge in [-0.1, -0.05) is 31.7 Å². The number of aromatic carboxylic acids is 1.